The van der Waals surface area contributed by atoms with E-state index in [2.05, 4.69) is 10.6 Å². The topological polar surface area (TPSA) is 41.1 Å². The van der Waals surface area contributed by atoms with E-state index in [0.29, 0.717) is 6.54 Å². The van der Waals surface area contributed by atoms with Gasteiger partial charge in [-0.05, 0) is 38.1 Å². The van der Waals surface area contributed by atoms with Crippen molar-refractivity contribution in [1.29, 1.82) is 0 Å². The second-order valence-electron chi connectivity index (χ2n) is 4.02. The van der Waals surface area contributed by atoms with Crippen molar-refractivity contribution in [2.24, 2.45) is 0 Å². The van der Waals surface area contributed by atoms with Crippen molar-refractivity contribution in [3.05, 3.63) is 35.4 Å². The molecule has 2 N–H and O–H groups in total. The molecule has 0 saturated carbocycles. The summed E-state index contributed by atoms with van der Waals surface area (Å²) in [7, 11) is 1.84. The maximum atomic E-state index is 13.3. The Morgan fingerprint density at radius 3 is 2.78 bits per heavy atom. The Bertz CT molecular complexity index is 397. The Morgan fingerprint density at radius 2 is 2.06 bits per heavy atom. The molecule has 0 atom stereocenters. The van der Waals surface area contributed by atoms with Gasteiger partial charge >= 0.3 is 0 Å². The molecule has 1 rings (SSSR count). The maximum Gasteiger partial charge on any atom is 0.220 e. The lowest BCUT2D eigenvalue weighted by Crippen LogP contribution is -2.26. The Hall–Kier alpha value is -1.49. The molecule has 3 nitrogen and oxygen atoms in total. The van der Waals surface area contributed by atoms with Crippen LogP contribution in [0.5, 0.6) is 0 Å². The summed E-state index contributed by atoms with van der Waals surface area (Å²) in [6, 6.07) is 4.00. The predicted octanol–water partition coefficient (Wildman–Crippen LogP) is 1.62. The van der Waals surface area contributed by atoms with Crippen LogP contribution in [0.1, 0.15) is 18.4 Å². The van der Waals surface area contributed by atoms with E-state index >= 15 is 0 Å². The molecule has 0 bridgehead atoms. The van der Waals surface area contributed by atoms with Gasteiger partial charge in [0.2, 0.25) is 5.91 Å². The van der Waals surface area contributed by atoms with E-state index in [1.807, 2.05) is 7.05 Å². The van der Waals surface area contributed by atoms with Crippen LogP contribution in [0.4, 0.5) is 8.78 Å². The van der Waals surface area contributed by atoms with Crippen LogP contribution < -0.4 is 10.6 Å². The molecule has 1 aromatic carbocycles. The first-order chi connectivity index (χ1) is 8.65. The van der Waals surface area contributed by atoms with Gasteiger partial charge in [-0.3, -0.25) is 4.79 Å². The first-order valence-electron chi connectivity index (χ1n) is 5.99. The molecule has 0 aromatic heterocycles. The highest BCUT2D eigenvalue weighted by atomic mass is 19.2. The Labute approximate surface area is 106 Å². The summed E-state index contributed by atoms with van der Waals surface area (Å²) in [5.41, 5.74) is 0.236. The summed E-state index contributed by atoms with van der Waals surface area (Å²) in [6.45, 7) is 1.42. The zero-order chi connectivity index (χ0) is 13.4. The van der Waals surface area contributed by atoms with Crippen molar-refractivity contribution in [3.63, 3.8) is 0 Å². The lowest BCUT2D eigenvalue weighted by molar-refractivity contribution is -0.121. The van der Waals surface area contributed by atoms with Crippen molar-refractivity contribution >= 4 is 5.91 Å². The minimum absolute atomic E-state index is 0.144. The minimum atomic E-state index is -0.873. The highest BCUT2D eigenvalue weighted by Gasteiger charge is 2.09. The third kappa shape index (κ3) is 4.79. The monoisotopic (exact) mass is 256 g/mol. The summed E-state index contributed by atoms with van der Waals surface area (Å²) in [5, 5.41) is 5.70. The summed E-state index contributed by atoms with van der Waals surface area (Å²) in [5.74, 6) is -1.88. The molecule has 0 radical (unpaired) electrons. The lowest BCUT2D eigenvalue weighted by atomic mass is 10.1. The lowest BCUT2D eigenvalue weighted by Gasteiger charge is -2.06. The van der Waals surface area contributed by atoms with Crippen molar-refractivity contribution in [1.82, 2.24) is 10.6 Å². The van der Waals surface area contributed by atoms with Crippen molar-refractivity contribution in [3.8, 4) is 0 Å². The molecule has 100 valence electrons. The van der Waals surface area contributed by atoms with E-state index < -0.39 is 11.6 Å². The zero-order valence-corrected chi connectivity index (χ0v) is 10.4. The van der Waals surface area contributed by atoms with E-state index in [-0.39, 0.29) is 24.3 Å². The van der Waals surface area contributed by atoms with Crippen LogP contribution in [-0.4, -0.2) is 26.0 Å². The van der Waals surface area contributed by atoms with Crippen molar-refractivity contribution in [2.45, 2.75) is 19.3 Å². The number of benzene rings is 1. The molecule has 5 heteroatoms. The highest BCUT2D eigenvalue weighted by Crippen LogP contribution is 2.12. The maximum absolute atomic E-state index is 13.3. The Kier molecular flexibility index (Phi) is 6.28. The first-order valence-corrected chi connectivity index (χ1v) is 5.99. The molecule has 0 aliphatic heterocycles. The summed E-state index contributed by atoms with van der Waals surface area (Å²) >= 11 is 0. The number of nitrogens with one attached hydrogen (secondary N) is 2. The average Bonchev–Trinajstić information content (AvgIpc) is 2.36. The molecule has 0 aliphatic rings. The van der Waals surface area contributed by atoms with Crippen molar-refractivity contribution in [2.75, 3.05) is 20.1 Å². The molecular formula is C13H18F2N2O. The number of hydrogen-bond acceptors (Lipinski definition) is 2. The standard InChI is InChI=1S/C13H18F2N2O/c1-16-8-3-9-17-12(18)7-6-10-4-2-5-11(14)13(10)15/h2,4-5,16H,3,6-9H2,1H3,(H,17,18). The van der Waals surface area contributed by atoms with E-state index in [4.69, 9.17) is 0 Å². The van der Waals surface area contributed by atoms with Gasteiger partial charge in [-0.15, -0.1) is 0 Å². The number of amides is 1. The van der Waals surface area contributed by atoms with Crippen LogP contribution in [0.2, 0.25) is 0 Å². The van der Waals surface area contributed by atoms with Crippen LogP contribution in [0.3, 0.4) is 0 Å². The fourth-order valence-electron chi connectivity index (χ4n) is 1.57. The number of carbonyl (C=O) groups excluding carboxylic acids is 1. The number of halogens is 2. The summed E-state index contributed by atoms with van der Waals surface area (Å²) < 4.78 is 26.2. The van der Waals surface area contributed by atoms with Crippen LogP contribution in [-0.2, 0) is 11.2 Å². The van der Waals surface area contributed by atoms with E-state index in [9.17, 15) is 13.6 Å². The summed E-state index contributed by atoms with van der Waals surface area (Å²) in [4.78, 5) is 11.4. The third-order valence-electron chi connectivity index (χ3n) is 2.58. The van der Waals surface area contributed by atoms with Gasteiger partial charge in [0.25, 0.3) is 0 Å². The SMILES string of the molecule is CNCCCNC(=O)CCc1cccc(F)c1F. The normalized spacial score (nSPS) is 10.4. The molecule has 0 heterocycles. The quantitative estimate of drug-likeness (QED) is 0.728. The molecular weight excluding hydrogens is 238 g/mol. The van der Waals surface area contributed by atoms with E-state index in [1.165, 1.54) is 12.1 Å². The Balaban J connectivity index is 2.32. The highest BCUT2D eigenvalue weighted by molar-refractivity contribution is 5.76. The zero-order valence-electron chi connectivity index (χ0n) is 10.4. The number of rotatable bonds is 7. The predicted molar refractivity (Wildman–Crippen MR) is 66.2 cm³/mol. The molecule has 18 heavy (non-hydrogen) atoms. The fraction of sp³-hybridized carbons (Fsp3) is 0.462. The van der Waals surface area contributed by atoms with Gasteiger partial charge in [-0.2, -0.15) is 0 Å². The smallest absolute Gasteiger partial charge is 0.220 e. The second-order valence-corrected chi connectivity index (χ2v) is 4.02. The number of hydrogen-bond donors (Lipinski definition) is 2. The van der Waals surface area contributed by atoms with Gasteiger partial charge in [0, 0.05) is 13.0 Å². The molecule has 0 unspecified atom stereocenters. The summed E-state index contributed by atoms with van der Waals surface area (Å²) in [6.07, 6.45) is 1.22. The van der Waals surface area contributed by atoms with Gasteiger partial charge in [-0.1, -0.05) is 12.1 Å². The molecule has 0 fully saturated rings. The van der Waals surface area contributed by atoms with Crippen LogP contribution >= 0.6 is 0 Å². The minimum Gasteiger partial charge on any atom is -0.356 e. The van der Waals surface area contributed by atoms with Crippen LogP contribution in [0.15, 0.2) is 18.2 Å². The molecule has 0 saturated heterocycles. The van der Waals surface area contributed by atoms with E-state index in [0.717, 1.165) is 19.0 Å². The average molecular weight is 256 g/mol. The van der Waals surface area contributed by atoms with Gasteiger partial charge in [-0.25, -0.2) is 8.78 Å². The van der Waals surface area contributed by atoms with Gasteiger partial charge in [0.1, 0.15) is 0 Å². The number of aryl methyl sites for hydroxylation is 1. The fourth-order valence-corrected chi connectivity index (χ4v) is 1.57. The van der Waals surface area contributed by atoms with Crippen molar-refractivity contribution < 1.29 is 13.6 Å². The van der Waals surface area contributed by atoms with Gasteiger partial charge in [0.15, 0.2) is 11.6 Å². The molecule has 1 aromatic rings. The van der Waals surface area contributed by atoms with Crippen LogP contribution in [0, 0.1) is 11.6 Å². The van der Waals surface area contributed by atoms with Crippen LogP contribution in [0.25, 0.3) is 0 Å². The second kappa shape index (κ2) is 7.76. The van der Waals surface area contributed by atoms with Gasteiger partial charge < -0.3 is 10.6 Å². The molecule has 0 aliphatic carbocycles. The first kappa shape index (κ1) is 14.6. The largest absolute Gasteiger partial charge is 0.356 e. The number of carbonyl (C=O) groups is 1. The van der Waals surface area contributed by atoms with E-state index in [1.54, 1.807) is 0 Å². The Morgan fingerprint density at radius 1 is 1.28 bits per heavy atom. The third-order valence-corrected chi connectivity index (χ3v) is 2.58. The molecule has 0 spiro atoms. The van der Waals surface area contributed by atoms with Gasteiger partial charge in [0.05, 0.1) is 0 Å². The molecule has 1 amide bonds.